The molecule has 0 spiro atoms. The van der Waals surface area contributed by atoms with Gasteiger partial charge in [0.1, 0.15) is 13.2 Å². The lowest BCUT2D eigenvalue weighted by molar-refractivity contribution is -0.133. The van der Waals surface area contributed by atoms with Gasteiger partial charge in [-0.05, 0) is 35.6 Å². The lowest BCUT2D eigenvalue weighted by Crippen LogP contribution is -2.41. The number of ether oxygens (including phenoxy) is 2. The fourth-order valence-corrected chi connectivity index (χ4v) is 5.92. The minimum atomic E-state index is -3.06. The highest BCUT2D eigenvalue weighted by Gasteiger charge is 2.34. The molecule has 3 heterocycles. The number of amides is 1. The fraction of sp³-hybridized carbons (Fsp3) is 0.421. The van der Waals surface area contributed by atoms with Crippen molar-refractivity contribution in [1.29, 1.82) is 0 Å². The van der Waals surface area contributed by atoms with E-state index in [1.54, 1.807) is 16.2 Å². The SMILES string of the molecule is O=C(Cc1ccc2c(c1)OCCO2)N(Cc1cccs1)C1CCS(=O)(=O)C1. The number of fused-ring (bicyclic) bond motifs is 1. The number of carbonyl (C=O) groups is 1. The van der Waals surface area contributed by atoms with Gasteiger partial charge in [0.25, 0.3) is 0 Å². The highest BCUT2D eigenvalue weighted by Crippen LogP contribution is 2.31. The van der Waals surface area contributed by atoms with Gasteiger partial charge in [0.05, 0.1) is 24.5 Å². The van der Waals surface area contributed by atoms with Crippen LogP contribution in [0.15, 0.2) is 35.7 Å². The molecule has 4 rings (SSSR count). The summed E-state index contributed by atoms with van der Waals surface area (Å²) in [6.45, 7) is 1.46. The van der Waals surface area contributed by atoms with E-state index >= 15 is 0 Å². The molecular formula is C19H21NO5S2. The summed E-state index contributed by atoms with van der Waals surface area (Å²) in [5.74, 6) is 1.47. The van der Waals surface area contributed by atoms with Gasteiger partial charge in [-0.1, -0.05) is 12.1 Å². The molecule has 0 aliphatic carbocycles. The van der Waals surface area contributed by atoms with E-state index in [9.17, 15) is 13.2 Å². The zero-order valence-electron chi connectivity index (χ0n) is 14.8. The number of rotatable bonds is 5. The molecule has 1 atom stereocenters. The van der Waals surface area contributed by atoms with E-state index in [4.69, 9.17) is 9.47 Å². The van der Waals surface area contributed by atoms with Crippen LogP contribution >= 0.6 is 11.3 Å². The molecule has 2 aliphatic rings. The molecule has 6 nitrogen and oxygen atoms in total. The van der Waals surface area contributed by atoms with Crippen molar-refractivity contribution in [1.82, 2.24) is 4.90 Å². The number of carbonyl (C=O) groups excluding carboxylic acids is 1. The number of sulfone groups is 1. The number of nitrogens with zero attached hydrogens (tertiary/aromatic N) is 1. The van der Waals surface area contributed by atoms with E-state index in [-0.39, 0.29) is 29.9 Å². The Balaban J connectivity index is 1.53. The van der Waals surface area contributed by atoms with Crippen LogP contribution < -0.4 is 9.47 Å². The van der Waals surface area contributed by atoms with Crippen molar-refractivity contribution in [3.05, 3.63) is 46.2 Å². The van der Waals surface area contributed by atoms with Crippen molar-refractivity contribution in [2.75, 3.05) is 24.7 Å². The number of benzene rings is 1. The minimum Gasteiger partial charge on any atom is -0.486 e. The third kappa shape index (κ3) is 4.27. The van der Waals surface area contributed by atoms with Crippen molar-refractivity contribution in [2.24, 2.45) is 0 Å². The molecule has 0 radical (unpaired) electrons. The normalized spacial score (nSPS) is 20.4. The Morgan fingerprint density at radius 1 is 1.19 bits per heavy atom. The molecule has 1 unspecified atom stereocenters. The Kier molecular flexibility index (Phi) is 5.10. The van der Waals surface area contributed by atoms with Crippen molar-refractivity contribution < 1.29 is 22.7 Å². The molecule has 8 heteroatoms. The van der Waals surface area contributed by atoms with Crippen LogP contribution in [-0.2, 0) is 27.6 Å². The summed E-state index contributed by atoms with van der Waals surface area (Å²) in [7, 11) is -3.06. The first-order valence-electron chi connectivity index (χ1n) is 8.91. The van der Waals surface area contributed by atoms with E-state index in [0.29, 0.717) is 37.7 Å². The smallest absolute Gasteiger partial charge is 0.227 e. The molecule has 2 aromatic rings. The highest BCUT2D eigenvalue weighted by molar-refractivity contribution is 7.91. The van der Waals surface area contributed by atoms with Crippen LogP contribution in [0.3, 0.4) is 0 Å². The number of hydrogen-bond donors (Lipinski definition) is 0. The maximum Gasteiger partial charge on any atom is 0.227 e. The second kappa shape index (κ2) is 7.52. The topological polar surface area (TPSA) is 72.9 Å². The van der Waals surface area contributed by atoms with E-state index in [0.717, 1.165) is 10.4 Å². The second-order valence-corrected chi connectivity index (χ2v) is 10.1. The van der Waals surface area contributed by atoms with Gasteiger partial charge in [0, 0.05) is 10.9 Å². The zero-order valence-corrected chi connectivity index (χ0v) is 16.4. The molecule has 144 valence electrons. The molecule has 0 saturated carbocycles. The number of thiophene rings is 1. The lowest BCUT2D eigenvalue weighted by Gasteiger charge is -2.28. The summed E-state index contributed by atoms with van der Waals surface area (Å²) in [4.78, 5) is 15.8. The van der Waals surface area contributed by atoms with E-state index in [1.807, 2.05) is 35.7 Å². The number of hydrogen-bond acceptors (Lipinski definition) is 6. The van der Waals surface area contributed by atoms with Crippen molar-refractivity contribution >= 4 is 27.1 Å². The Bertz CT molecular complexity index is 924. The first-order chi connectivity index (χ1) is 13.0. The summed E-state index contributed by atoms with van der Waals surface area (Å²) in [6.07, 6.45) is 0.707. The third-order valence-corrected chi connectivity index (χ3v) is 7.45. The van der Waals surface area contributed by atoms with Crippen LogP contribution in [0, 0.1) is 0 Å². The quantitative estimate of drug-likeness (QED) is 0.760. The predicted molar refractivity (Wildman–Crippen MR) is 103 cm³/mol. The fourth-order valence-electron chi connectivity index (χ4n) is 3.49. The van der Waals surface area contributed by atoms with Gasteiger partial charge in [0.2, 0.25) is 5.91 Å². The van der Waals surface area contributed by atoms with E-state index in [1.165, 1.54) is 0 Å². The van der Waals surface area contributed by atoms with Crippen LogP contribution in [0.2, 0.25) is 0 Å². The summed E-state index contributed by atoms with van der Waals surface area (Å²) in [5.41, 5.74) is 0.835. The standard InChI is InChI=1S/C19H21NO5S2/c21-19(11-14-3-4-17-18(10-14)25-7-6-24-17)20(12-16-2-1-8-26-16)15-5-9-27(22,23)13-15/h1-4,8,10,15H,5-7,9,11-13H2. The largest absolute Gasteiger partial charge is 0.486 e. The first-order valence-corrected chi connectivity index (χ1v) is 11.6. The Morgan fingerprint density at radius 3 is 2.70 bits per heavy atom. The average Bonchev–Trinajstić information content (AvgIpc) is 3.28. The molecule has 1 aromatic heterocycles. The molecular weight excluding hydrogens is 386 g/mol. The van der Waals surface area contributed by atoms with Crippen LogP contribution in [0.4, 0.5) is 0 Å². The maximum absolute atomic E-state index is 13.1. The molecule has 1 amide bonds. The molecule has 1 saturated heterocycles. The van der Waals surface area contributed by atoms with Gasteiger partial charge in [0.15, 0.2) is 21.3 Å². The van der Waals surface area contributed by atoms with Gasteiger partial charge >= 0.3 is 0 Å². The summed E-state index contributed by atoms with van der Waals surface area (Å²) in [5, 5.41) is 1.96. The van der Waals surface area contributed by atoms with Gasteiger partial charge in [-0.2, -0.15) is 0 Å². The van der Waals surface area contributed by atoms with Gasteiger partial charge < -0.3 is 14.4 Å². The molecule has 2 aliphatic heterocycles. The molecule has 0 N–H and O–H groups in total. The molecule has 1 fully saturated rings. The Morgan fingerprint density at radius 2 is 2.00 bits per heavy atom. The van der Waals surface area contributed by atoms with E-state index < -0.39 is 9.84 Å². The van der Waals surface area contributed by atoms with Gasteiger partial charge in [-0.15, -0.1) is 11.3 Å². The second-order valence-electron chi connectivity index (χ2n) is 6.81. The highest BCUT2D eigenvalue weighted by atomic mass is 32.2. The van der Waals surface area contributed by atoms with E-state index in [2.05, 4.69) is 0 Å². The summed E-state index contributed by atoms with van der Waals surface area (Å²) < 4.78 is 35.0. The third-order valence-electron chi connectivity index (χ3n) is 4.84. The maximum atomic E-state index is 13.1. The van der Waals surface area contributed by atoms with Crippen LogP contribution in [0.25, 0.3) is 0 Å². The lowest BCUT2D eigenvalue weighted by atomic mass is 10.1. The minimum absolute atomic E-state index is 0.0469. The zero-order chi connectivity index (χ0) is 18.9. The Labute approximate surface area is 162 Å². The Hall–Kier alpha value is -2.06. The van der Waals surface area contributed by atoms with Crippen molar-refractivity contribution in [3.63, 3.8) is 0 Å². The predicted octanol–water partition coefficient (Wildman–Crippen LogP) is 2.28. The summed E-state index contributed by atoms with van der Waals surface area (Å²) in [6, 6.07) is 9.16. The average molecular weight is 408 g/mol. The van der Waals surface area contributed by atoms with Crippen molar-refractivity contribution in [2.45, 2.75) is 25.4 Å². The molecule has 1 aromatic carbocycles. The summed E-state index contributed by atoms with van der Waals surface area (Å²) >= 11 is 1.57. The molecule has 0 bridgehead atoms. The monoisotopic (exact) mass is 407 g/mol. The van der Waals surface area contributed by atoms with Gasteiger partial charge in [-0.25, -0.2) is 8.42 Å². The molecule has 27 heavy (non-hydrogen) atoms. The van der Waals surface area contributed by atoms with Crippen LogP contribution in [-0.4, -0.2) is 50.0 Å². The van der Waals surface area contributed by atoms with Crippen LogP contribution in [0.5, 0.6) is 11.5 Å². The van der Waals surface area contributed by atoms with Crippen molar-refractivity contribution in [3.8, 4) is 11.5 Å². The van der Waals surface area contributed by atoms with Crippen LogP contribution in [0.1, 0.15) is 16.9 Å². The first kappa shape index (κ1) is 18.3. The van der Waals surface area contributed by atoms with Gasteiger partial charge in [-0.3, -0.25) is 4.79 Å².